The van der Waals surface area contributed by atoms with Gasteiger partial charge in [0.1, 0.15) is 12.6 Å². The number of piperidine rings is 1. The van der Waals surface area contributed by atoms with E-state index in [2.05, 4.69) is 17.4 Å². The summed E-state index contributed by atoms with van der Waals surface area (Å²) in [5.74, 6) is -1.68. The molecule has 1 aliphatic heterocycles. The number of benzene rings is 2. The van der Waals surface area contributed by atoms with Crippen LogP contribution in [0.5, 0.6) is 0 Å². The molecule has 0 spiro atoms. The van der Waals surface area contributed by atoms with Crippen molar-refractivity contribution in [2.24, 2.45) is 5.92 Å². The highest BCUT2D eigenvalue weighted by molar-refractivity contribution is 5.86. The number of hydrogen-bond acceptors (Lipinski definition) is 5. The zero-order chi connectivity index (χ0) is 24.2. The molecule has 2 aromatic carbocycles. The average molecular weight is 467 g/mol. The van der Waals surface area contributed by atoms with Crippen molar-refractivity contribution in [3.63, 3.8) is 0 Å². The van der Waals surface area contributed by atoms with Gasteiger partial charge in [0.2, 0.25) is 5.91 Å². The first-order valence-corrected chi connectivity index (χ1v) is 11.5. The quantitative estimate of drug-likeness (QED) is 0.649. The Labute approximate surface area is 198 Å². The van der Waals surface area contributed by atoms with Crippen molar-refractivity contribution in [3.8, 4) is 11.1 Å². The van der Waals surface area contributed by atoms with Crippen LogP contribution >= 0.6 is 0 Å². The van der Waals surface area contributed by atoms with Gasteiger partial charge in [-0.2, -0.15) is 0 Å². The molecule has 34 heavy (non-hydrogen) atoms. The Balaban J connectivity index is 1.39. The molecule has 8 heteroatoms. The van der Waals surface area contributed by atoms with Gasteiger partial charge in [-0.15, -0.1) is 0 Å². The third-order valence-corrected chi connectivity index (χ3v) is 6.78. The molecule has 2 amide bonds. The molecule has 3 atom stereocenters. The van der Waals surface area contributed by atoms with Gasteiger partial charge in [-0.25, -0.2) is 4.79 Å². The van der Waals surface area contributed by atoms with Gasteiger partial charge in [0.25, 0.3) is 0 Å². The molecule has 1 heterocycles. The molecule has 8 nitrogen and oxygen atoms in total. The summed E-state index contributed by atoms with van der Waals surface area (Å²) in [6.45, 7) is 2.29. The summed E-state index contributed by atoms with van der Waals surface area (Å²) < 4.78 is 10.7. The second kappa shape index (κ2) is 10.3. The van der Waals surface area contributed by atoms with E-state index in [4.69, 9.17) is 9.47 Å². The van der Waals surface area contributed by atoms with Crippen molar-refractivity contribution in [2.45, 2.75) is 37.8 Å². The zero-order valence-electron chi connectivity index (χ0n) is 19.4. The highest BCUT2D eigenvalue weighted by Gasteiger charge is 2.36. The highest BCUT2D eigenvalue weighted by atomic mass is 16.5. The lowest BCUT2D eigenvalue weighted by Crippen LogP contribution is -2.55. The van der Waals surface area contributed by atoms with E-state index in [1.807, 2.05) is 43.3 Å². The molecule has 1 aliphatic carbocycles. The number of methoxy groups -OCH3 is 1. The SMILES string of the molecule is COCC(NC(=O)OCC1c2ccccc2-c2ccccc21)C(=O)N1CC[C@H](C(=O)O)C[C@@H]1C. The van der Waals surface area contributed by atoms with Crippen LogP contribution in [0.25, 0.3) is 11.1 Å². The zero-order valence-corrected chi connectivity index (χ0v) is 19.4. The summed E-state index contributed by atoms with van der Waals surface area (Å²) in [6, 6.07) is 15.0. The Kier molecular flexibility index (Phi) is 7.17. The van der Waals surface area contributed by atoms with Crippen molar-refractivity contribution in [1.29, 1.82) is 0 Å². The molecular weight excluding hydrogens is 436 g/mol. The molecule has 4 rings (SSSR count). The van der Waals surface area contributed by atoms with Gasteiger partial charge in [-0.1, -0.05) is 48.5 Å². The fraction of sp³-hybridized carbons (Fsp3) is 0.423. The number of nitrogens with one attached hydrogen (secondary N) is 1. The average Bonchev–Trinajstić information content (AvgIpc) is 3.15. The van der Waals surface area contributed by atoms with Crippen LogP contribution in [0.2, 0.25) is 0 Å². The third kappa shape index (κ3) is 4.77. The van der Waals surface area contributed by atoms with E-state index < -0.39 is 24.0 Å². The van der Waals surface area contributed by atoms with Crippen molar-refractivity contribution >= 4 is 18.0 Å². The first-order valence-electron chi connectivity index (χ1n) is 11.5. The van der Waals surface area contributed by atoms with Crippen molar-refractivity contribution in [3.05, 3.63) is 59.7 Å². The molecule has 2 aromatic rings. The molecule has 2 N–H and O–H groups in total. The Morgan fingerprint density at radius 2 is 1.71 bits per heavy atom. The Hall–Kier alpha value is -3.39. The molecular formula is C26H30N2O6. The summed E-state index contributed by atoms with van der Waals surface area (Å²) in [6.07, 6.45) is 0.0762. The van der Waals surface area contributed by atoms with Gasteiger partial charge < -0.3 is 24.8 Å². The van der Waals surface area contributed by atoms with Gasteiger partial charge in [0.15, 0.2) is 0 Å². The standard InChI is InChI=1S/C26H30N2O6/c1-16-13-17(25(30)31)11-12-28(16)24(29)23(15-33-2)27-26(32)34-14-22-20-9-5-3-7-18(20)19-8-4-6-10-21(19)22/h3-10,16-17,22-23H,11-15H2,1-2H3,(H,27,32)(H,30,31)/t16-,17-,23?/m0/s1. The number of amides is 2. The number of carboxylic acids is 1. The lowest BCUT2D eigenvalue weighted by molar-refractivity contribution is -0.148. The number of carboxylic acid groups (broad SMARTS) is 1. The number of fused-ring (bicyclic) bond motifs is 3. The van der Waals surface area contributed by atoms with E-state index >= 15 is 0 Å². The number of hydrogen-bond donors (Lipinski definition) is 2. The summed E-state index contributed by atoms with van der Waals surface area (Å²) in [5.41, 5.74) is 4.49. The smallest absolute Gasteiger partial charge is 0.407 e. The number of likely N-dealkylation sites (tertiary alicyclic amines) is 1. The molecule has 0 bridgehead atoms. The highest BCUT2D eigenvalue weighted by Crippen LogP contribution is 2.44. The van der Waals surface area contributed by atoms with Crippen LogP contribution in [-0.4, -0.2) is 66.9 Å². The van der Waals surface area contributed by atoms with E-state index in [0.29, 0.717) is 19.4 Å². The molecule has 1 unspecified atom stereocenters. The van der Waals surface area contributed by atoms with Crippen LogP contribution in [0.4, 0.5) is 4.79 Å². The topological polar surface area (TPSA) is 105 Å². The first kappa shape index (κ1) is 23.8. The van der Waals surface area contributed by atoms with Crippen LogP contribution in [0.3, 0.4) is 0 Å². The molecule has 0 aromatic heterocycles. The summed E-state index contributed by atoms with van der Waals surface area (Å²) in [7, 11) is 1.46. The van der Waals surface area contributed by atoms with E-state index in [0.717, 1.165) is 22.3 Å². The van der Waals surface area contributed by atoms with Gasteiger partial charge in [-0.05, 0) is 42.0 Å². The number of aliphatic carboxylic acids is 1. The van der Waals surface area contributed by atoms with Gasteiger partial charge in [0.05, 0.1) is 12.5 Å². The minimum absolute atomic E-state index is 0.00535. The number of ether oxygens (including phenoxy) is 2. The molecule has 0 saturated carbocycles. The van der Waals surface area contributed by atoms with Gasteiger partial charge in [0, 0.05) is 25.6 Å². The maximum absolute atomic E-state index is 13.1. The fourth-order valence-corrected chi connectivity index (χ4v) is 5.05. The van der Waals surface area contributed by atoms with Crippen molar-refractivity contribution < 1.29 is 29.0 Å². The summed E-state index contributed by atoms with van der Waals surface area (Å²) in [4.78, 5) is 38.7. The number of rotatable bonds is 7. The molecule has 1 saturated heterocycles. The molecule has 0 radical (unpaired) electrons. The number of nitrogens with zero attached hydrogens (tertiary/aromatic N) is 1. The number of alkyl carbamates (subject to hydrolysis) is 1. The Bertz CT molecular complexity index is 1030. The second-order valence-corrected chi connectivity index (χ2v) is 8.92. The van der Waals surface area contributed by atoms with E-state index in [1.54, 1.807) is 4.90 Å². The predicted octanol–water partition coefficient (Wildman–Crippen LogP) is 3.25. The maximum atomic E-state index is 13.1. The first-order chi connectivity index (χ1) is 16.4. The van der Waals surface area contributed by atoms with E-state index in [1.165, 1.54) is 7.11 Å². The van der Waals surface area contributed by atoms with Crippen LogP contribution in [-0.2, 0) is 19.1 Å². The number of carbonyl (C=O) groups excluding carboxylic acids is 2. The fourth-order valence-electron chi connectivity index (χ4n) is 5.05. The van der Waals surface area contributed by atoms with Crippen LogP contribution in [0.15, 0.2) is 48.5 Å². The summed E-state index contributed by atoms with van der Waals surface area (Å²) in [5, 5.41) is 11.9. The lowest BCUT2D eigenvalue weighted by atomic mass is 9.91. The minimum atomic E-state index is -0.913. The normalized spacial score (nSPS) is 20.2. The predicted molar refractivity (Wildman–Crippen MR) is 125 cm³/mol. The molecule has 1 fully saturated rings. The largest absolute Gasteiger partial charge is 0.481 e. The van der Waals surface area contributed by atoms with Gasteiger partial charge in [-0.3, -0.25) is 9.59 Å². The van der Waals surface area contributed by atoms with E-state index in [-0.39, 0.29) is 31.1 Å². The monoisotopic (exact) mass is 466 g/mol. The van der Waals surface area contributed by atoms with Crippen molar-refractivity contribution in [1.82, 2.24) is 10.2 Å². The third-order valence-electron chi connectivity index (χ3n) is 6.78. The lowest BCUT2D eigenvalue weighted by Gasteiger charge is -2.38. The summed E-state index contributed by atoms with van der Waals surface area (Å²) >= 11 is 0. The number of carbonyl (C=O) groups is 3. The molecule has 2 aliphatic rings. The Morgan fingerprint density at radius 1 is 1.09 bits per heavy atom. The minimum Gasteiger partial charge on any atom is -0.481 e. The van der Waals surface area contributed by atoms with Crippen LogP contribution < -0.4 is 5.32 Å². The van der Waals surface area contributed by atoms with Gasteiger partial charge >= 0.3 is 12.1 Å². The maximum Gasteiger partial charge on any atom is 0.407 e. The van der Waals surface area contributed by atoms with Crippen LogP contribution in [0.1, 0.15) is 36.8 Å². The van der Waals surface area contributed by atoms with Crippen LogP contribution in [0, 0.1) is 5.92 Å². The second-order valence-electron chi connectivity index (χ2n) is 8.92. The van der Waals surface area contributed by atoms with Crippen molar-refractivity contribution in [2.75, 3.05) is 26.9 Å². The molecule has 180 valence electrons. The Morgan fingerprint density at radius 3 is 2.26 bits per heavy atom. The van der Waals surface area contributed by atoms with E-state index in [9.17, 15) is 19.5 Å².